The van der Waals surface area contributed by atoms with Crippen LogP contribution in [-0.2, 0) is 6.54 Å². The van der Waals surface area contributed by atoms with E-state index in [1.54, 1.807) is 0 Å². The van der Waals surface area contributed by atoms with Crippen LogP contribution in [0.2, 0.25) is 0 Å². The number of amides is 1. The first-order valence-corrected chi connectivity index (χ1v) is 9.41. The molecule has 0 aromatic heterocycles. The molecule has 2 saturated heterocycles. The monoisotopic (exact) mass is 327 g/mol. The van der Waals surface area contributed by atoms with E-state index in [4.69, 9.17) is 0 Å². The van der Waals surface area contributed by atoms with Gasteiger partial charge in [-0.1, -0.05) is 26.0 Å². The Morgan fingerprint density at radius 3 is 2.79 bits per heavy atom. The molecule has 4 heteroatoms. The second kappa shape index (κ2) is 6.16. The van der Waals surface area contributed by atoms with Crippen molar-refractivity contribution in [2.24, 2.45) is 5.41 Å². The Bertz CT molecular complexity index is 634. The van der Waals surface area contributed by atoms with Gasteiger partial charge in [0.2, 0.25) is 0 Å². The van der Waals surface area contributed by atoms with Crippen LogP contribution in [0.25, 0.3) is 0 Å². The summed E-state index contributed by atoms with van der Waals surface area (Å²) in [4.78, 5) is 14.9. The highest BCUT2D eigenvalue weighted by molar-refractivity contribution is 5.98. The van der Waals surface area contributed by atoms with Gasteiger partial charge in [-0.15, -0.1) is 0 Å². The SMILES string of the molecule is CC1(C)CNCCC1c1ccc2c(c1)CN(C1CCCNC1)C2=O. The first kappa shape index (κ1) is 16.1. The van der Waals surface area contributed by atoms with Crippen molar-refractivity contribution in [1.29, 1.82) is 0 Å². The molecule has 2 unspecified atom stereocenters. The predicted octanol–water partition coefficient (Wildman–Crippen LogP) is 2.50. The number of fused-ring (bicyclic) bond motifs is 1. The van der Waals surface area contributed by atoms with Crippen LogP contribution in [0, 0.1) is 5.41 Å². The predicted molar refractivity (Wildman–Crippen MR) is 96.2 cm³/mol. The summed E-state index contributed by atoms with van der Waals surface area (Å²) in [5, 5.41) is 6.95. The number of piperidine rings is 2. The number of nitrogens with zero attached hydrogens (tertiary/aromatic N) is 1. The Balaban J connectivity index is 1.58. The van der Waals surface area contributed by atoms with Crippen LogP contribution >= 0.6 is 0 Å². The Hall–Kier alpha value is -1.39. The van der Waals surface area contributed by atoms with Gasteiger partial charge in [0.25, 0.3) is 5.91 Å². The van der Waals surface area contributed by atoms with Crippen molar-refractivity contribution in [2.75, 3.05) is 26.2 Å². The molecule has 3 aliphatic heterocycles. The maximum absolute atomic E-state index is 12.8. The van der Waals surface area contributed by atoms with Gasteiger partial charge in [0.15, 0.2) is 0 Å². The van der Waals surface area contributed by atoms with Crippen LogP contribution in [0.4, 0.5) is 0 Å². The Labute approximate surface area is 145 Å². The normalized spacial score (nSPS) is 29.6. The summed E-state index contributed by atoms with van der Waals surface area (Å²) in [5.41, 5.74) is 3.84. The standard InChI is InChI=1S/C20H29N3O/c1-20(2)13-22-9-7-18(20)14-5-6-17-15(10-14)12-23(19(17)24)16-4-3-8-21-11-16/h5-6,10,16,18,21-22H,3-4,7-9,11-13H2,1-2H3. The molecule has 1 aromatic rings. The van der Waals surface area contributed by atoms with Crippen molar-refractivity contribution < 1.29 is 4.79 Å². The van der Waals surface area contributed by atoms with E-state index in [0.717, 1.165) is 44.7 Å². The number of carbonyl (C=O) groups excluding carboxylic acids is 1. The number of hydrogen-bond acceptors (Lipinski definition) is 3. The van der Waals surface area contributed by atoms with Crippen molar-refractivity contribution in [2.45, 2.75) is 51.6 Å². The third kappa shape index (κ3) is 2.76. The summed E-state index contributed by atoms with van der Waals surface area (Å²) in [6, 6.07) is 6.97. The van der Waals surface area contributed by atoms with Crippen LogP contribution in [0.3, 0.4) is 0 Å². The zero-order valence-electron chi connectivity index (χ0n) is 14.9. The van der Waals surface area contributed by atoms with E-state index < -0.39 is 0 Å². The van der Waals surface area contributed by atoms with Crippen LogP contribution < -0.4 is 10.6 Å². The molecule has 1 amide bonds. The zero-order valence-corrected chi connectivity index (χ0v) is 14.9. The highest BCUT2D eigenvalue weighted by Gasteiger charge is 2.36. The third-order valence-corrected chi connectivity index (χ3v) is 6.21. The second-order valence-corrected chi connectivity index (χ2v) is 8.36. The average Bonchev–Trinajstić information content (AvgIpc) is 2.91. The zero-order chi connectivity index (χ0) is 16.7. The van der Waals surface area contributed by atoms with Gasteiger partial charge >= 0.3 is 0 Å². The molecule has 0 radical (unpaired) electrons. The van der Waals surface area contributed by atoms with Gasteiger partial charge in [0.05, 0.1) is 0 Å². The largest absolute Gasteiger partial charge is 0.330 e. The van der Waals surface area contributed by atoms with E-state index in [9.17, 15) is 4.79 Å². The van der Waals surface area contributed by atoms with E-state index >= 15 is 0 Å². The lowest BCUT2D eigenvalue weighted by Gasteiger charge is -2.39. The molecule has 0 aliphatic carbocycles. The molecule has 4 nitrogen and oxygen atoms in total. The van der Waals surface area contributed by atoms with Gasteiger partial charge in [-0.3, -0.25) is 4.79 Å². The van der Waals surface area contributed by atoms with Crippen LogP contribution in [-0.4, -0.2) is 43.0 Å². The molecule has 3 heterocycles. The van der Waals surface area contributed by atoms with E-state index in [0.29, 0.717) is 12.0 Å². The number of benzene rings is 1. The number of carbonyl (C=O) groups is 1. The molecular weight excluding hydrogens is 298 g/mol. The Morgan fingerprint density at radius 1 is 1.17 bits per heavy atom. The van der Waals surface area contributed by atoms with E-state index in [1.807, 2.05) is 0 Å². The summed E-state index contributed by atoms with van der Waals surface area (Å²) in [7, 11) is 0. The van der Waals surface area contributed by atoms with Crippen LogP contribution in [0.15, 0.2) is 18.2 Å². The lowest BCUT2D eigenvalue weighted by Crippen LogP contribution is -2.46. The smallest absolute Gasteiger partial charge is 0.254 e. The average molecular weight is 327 g/mol. The van der Waals surface area contributed by atoms with Gasteiger partial charge in [-0.2, -0.15) is 0 Å². The van der Waals surface area contributed by atoms with E-state index in [2.05, 4.69) is 47.6 Å². The minimum absolute atomic E-state index is 0.231. The van der Waals surface area contributed by atoms with E-state index in [-0.39, 0.29) is 11.3 Å². The molecule has 1 aromatic carbocycles. The molecule has 0 bridgehead atoms. The Kier molecular flexibility index (Phi) is 4.13. The number of hydrogen-bond donors (Lipinski definition) is 2. The van der Waals surface area contributed by atoms with Crippen LogP contribution in [0.5, 0.6) is 0 Å². The summed E-state index contributed by atoms with van der Waals surface area (Å²) in [5.74, 6) is 0.805. The second-order valence-electron chi connectivity index (χ2n) is 8.36. The fourth-order valence-electron chi connectivity index (χ4n) is 4.76. The van der Waals surface area contributed by atoms with Gasteiger partial charge in [0, 0.05) is 31.2 Å². The van der Waals surface area contributed by atoms with Crippen molar-refractivity contribution in [3.8, 4) is 0 Å². The van der Waals surface area contributed by atoms with Gasteiger partial charge in [-0.05, 0) is 60.9 Å². The lowest BCUT2D eigenvalue weighted by atomic mass is 9.71. The number of rotatable bonds is 2. The topological polar surface area (TPSA) is 44.4 Å². The summed E-state index contributed by atoms with van der Waals surface area (Å²) < 4.78 is 0. The Morgan fingerprint density at radius 2 is 2.04 bits per heavy atom. The van der Waals surface area contributed by atoms with Gasteiger partial charge in [0.1, 0.15) is 0 Å². The molecular formula is C20H29N3O. The molecule has 2 atom stereocenters. The van der Waals surface area contributed by atoms with Gasteiger partial charge < -0.3 is 15.5 Å². The molecule has 24 heavy (non-hydrogen) atoms. The molecule has 130 valence electrons. The van der Waals surface area contributed by atoms with Crippen molar-refractivity contribution >= 4 is 5.91 Å². The first-order chi connectivity index (χ1) is 11.6. The van der Waals surface area contributed by atoms with Crippen molar-refractivity contribution in [1.82, 2.24) is 15.5 Å². The molecule has 4 rings (SSSR count). The lowest BCUT2D eigenvalue weighted by molar-refractivity contribution is 0.0674. The quantitative estimate of drug-likeness (QED) is 0.877. The molecule has 2 fully saturated rings. The van der Waals surface area contributed by atoms with Crippen molar-refractivity contribution in [3.63, 3.8) is 0 Å². The molecule has 3 aliphatic rings. The molecule has 2 N–H and O–H groups in total. The van der Waals surface area contributed by atoms with Gasteiger partial charge in [-0.25, -0.2) is 0 Å². The first-order valence-electron chi connectivity index (χ1n) is 9.41. The third-order valence-electron chi connectivity index (χ3n) is 6.21. The fraction of sp³-hybridized carbons (Fsp3) is 0.650. The molecule has 0 spiro atoms. The maximum Gasteiger partial charge on any atom is 0.254 e. The summed E-state index contributed by atoms with van der Waals surface area (Å²) in [6.45, 7) is 9.66. The minimum atomic E-state index is 0.231. The highest BCUT2D eigenvalue weighted by atomic mass is 16.2. The summed E-state index contributed by atoms with van der Waals surface area (Å²) >= 11 is 0. The molecule has 0 saturated carbocycles. The van der Waals surface area contributed by atoms with Crippen LogP contribution in [0.1, 0.15) is 60.5 Å². The minimum Gasteiger partial charge on any atom is -0.330 e. The fourth-order valence-corrected chi connectivity index (χ4v) is 4.76. The summed E-state index contributed by atoms with van der Waals surface area (Å²) in [6.07, 6.45) is 3.47. The highest BCUT2D eigenvalue weighted by Crippen LogP contribution is 2.41. The van der Waals surface area contributed by atoms with E-state index in [1.165, 1.54) is 24.0 Å². The maximum atomic E-state index is 12.8. The van der Waals surface area contributed by atoms with Crippen molar-refractivity contribution in [3.05, 3.63) is 34.9 Å². The number of nitrogens with one attached hydrogen (secondary N) is 2.